The van der Waals surface area contributed by atoms with Crippen molar-refractivity contribution in [3.63, 3.8) is 0 Å². The summed E-state index contributed by atoms with van der Waals surface area (Å²) in [6, 6.07) is 14.5. The molecule has 0 saturated heterocycles. The molecule has 0 spiro atoms. The third-order valence-corrected chi connectivity index (χ3v) is 6.50. The summed E-state index contributed by atoms with van der Waals surface area (Å²) >= 11 is 1.82. The highest BCUT2D eigenvalue weighted by Gasteiger charge is 2.25. The zero-order chi connectivity index (χ0) is 22.8. The average Bonchev–Trinajstić information content (AvgIpc) is 2.96. The molecule has 2 aromatic rings. The Kier molecular flexibility index (Phi) is 10.0. The molecule has 0 saturated carbocycles. The van der Waals surface area contributed by atoms with E-state index in [9.17, 15) is 4.79 Å². The minimum Gasteiger partial charge on any atom is -0.480 e. The lowest BCUT2D eigenvalue weighted by atomic mass is 10.1. The predicted molar refractivity (Wildman–Crippen MR) is 132 cm³/mol. The lowest BCUT2D eigenvalue weighted by Crippen LogP contribution is -2.25. The van der Waals surface area contributed by atoms with Crippen LogP contribution in [0.2, 0.25) is 0 Å². The maximum absolute atomic E-state index is 11.0. The summed E-state index contributed by atoms with van der Waals surface area (Å²) in [7, 11) is 3.89. The van der Waals surface area contributed by atoms with Gasteiger partial charge in [0.1, 0.15) is 5.75 Å². The van der Waals surface area contributed by atoms with Crippen molar-refractivity contribution in [2.75, 3.05) is 42.8 Å². The van der Waals surface area contributed by atoms with Gasteiger partial charge in [-0.2, -0.15) is 0 Å². The van der Waals surface area contributed by atoms with Gasteiger partial charge in [-0.05, 0) is 30.2 Å². The van der Waals surface area contributed by atoms with Crippen LogP contribution in [0.25, 0.3) is 0 Å². The molecule has 1 N–H and O–H groups in total. The van der Waals surface area contributed by atoms with Gasteiger partial charge >= 0.3 is 5.97 Å². The number of nitrogens with zero attached hydrogens (tertiary/aromatic N) is 2. The predicted octanol–water partition coefficient (Wildman–Crippen LogP) is 6.29. The van der Waals surface area contributed by atoms with Crippen molar-refractivity contribution in [3.05, 3.63) is 42.5 Å². The number of aliphatic carboxylic acids is 1. The third-order valence-electron chi connectivity index (χ3n) is 5.22. The van der Waals surface area contributed by atoms with Crippen LogP contribution in [0.1, 0.15) is 40.0 Å². The number of anilines is 3. The molecule has 0 aromatic heterocycles. The molecule has 1 heterocycles. The zero-order valence-electron chi connectivity index (χ0n) is 19.4. The number of benzene rings is 2. The first-order chi connectivity index (χ1) is 14.9. The van der Waals surface area contributed by atoms with Crippen LogP contribution in [0.15, 0.2) is 47.4 Å². The first-order valence-electron chi connectivity index (χ1n) is 11.1. The smallest absolute Gasteiger partial charge is 0.341 e. The van der Waals surface area contributed by atoms with Gasteiger partial charge in [0.15, 0.2) is 6.61 Å². The summed E-state index contributed by atoms with van der Waals surface area (Å²) in [4.78, 5) is 16.4. The number of rotatable bonds is 7. The number of carbonyl (C=O) groups is 1. The number of ether oxygens (including phenoxy) is 1. The van der Waals surface area contributed by atoms with Crippen LogP contribution in [0.3, 0.4) is 0 Å². The Morgan fingerprint density at radius 1 is 1.16 bits per heavy atom. The highest BCUT2D eigenvalue weighted by Crippen LogP contribution is 2.45. The Morgan fingerprint density at radius 3 is 2.39 bits per heavy atom. The number of para-hydroxylation sites is 1. The van der Waals surface area contributed by atoms with E-state index in [-0.39, 0.29) is 6.61 Å². The van der Waals surface area contributed by atoms with Crippen LogP contribution >= 0.6 is 11.8 Å². The molecule has 1 atom stereocenters. The van der Waals surface area contributed by atoms with Gasteiger partial charge in [-0.15, -0.1) is 11.8 Å². The first kappa shape index (κ1) is 24.9. The van der Waals surface area contributed by atoms with Crippen molar-refractivity contribution in [1.82, 2.24) is 0 Å². The molecule has 1 aliphatic rings. The summed E-state index contributed by atoms with van der Waals surface area (Å²) in [6.07, 6.45) is 3.76. The Morgan fingerprint density at radius 2 is 1.84 bits per heavy atom. The largest absolute Gasteiger partial charge is 0.480 e. The Labute approximate surface area is 191 Å². The monoisotopic (exact) mass is 444 g/mol. The molecule has 0 aliphatic carbocycles. The Hall–Kier alpha value is -2.34. The van der Waals surface area contributed by atoms with Crippen molar-refractivity contribution in [3.8, 4) is 5.75 Å². The molecule has 0 amide bonds. The van der Waals surface area contributed by atoms with E-state index in [1.54, 1.807) is 0 Å². The topological polar surface area (TPSA) is 53.0 Å². The van der Waals surface area contributed by atoms with E-state index in [1.807, 2.05) is 42.9 Å². The van der Waals surface area contributed by atoms with Crippen LogP contribution in [0.4, 0.5) is 17.1 Å². The van der Waals surface area contributed by atoms with Gasteiger partial charge in [0.05, 0.1) is 11.4 Å². The van der Waals surface area contributed by atoms with E-state index in [4.69, 9.17) is 9.84 Å². The molecule has 5 nitrogen and oxygen atoms in total. The van der Waals surface area contributed by atoms with Crippen LogP contribution in [-0.2, 0) is 4.79 Å². The van der Waals surface area contributed by atoms with Crippen molar-refractivity contribution >= 4 is 34.8 Å². The van der Waals surface area contributed by atoms with E-state index in [0.29, 0.717) is 11.7 Å². The number of fused-ring (bicyclic) bond motifs is 1. The normalized spacial score (nSPS) is 15.3. The SMILES string of the molecule is CCCC.CC[C@@H]1CSc2cc(OCC(=O)O)c(N(C)C)cc2N(c2ccccc2)C1. The van der Waals surface area contributed by atoms with Gasteiger partial charge in [0.25, 0.3) is 0 Å². The van der Waals surface area contributed by atoms with E-state index in [1.165, 1.54) is 18.5 Å². The first-order valence-corrected chi connectivity index (χ1v) is 12.0. The highest BCUT2D eigenvalue weighted by atomic mass is 32.2. The van der Waals surface area contributed by atoms with E-state index < -0.39 is 5.97 Å². The third kappa shape index (κ3) is 7.10. The summed E-state index contributed by atoms with van der Waals surface area (Å²) in [5.74, 6) is 1.25. The fourth-order valence-electron chi connectivity index (χ4n) is 3.19. The highest BCUT2D eigenvalue weighted by molar-refractivity contribution is 7.99. The van der Waals surface area contributed by atoms with Gasteiger partial charge in [0, 0.05) is 37.0 Å². The molecule has 31 heavy (non-hydrogen) atoms. The number of unbranched alkanes of at least 4 members (excludes halogenated alkanes) is 1. The molecule has 1 aliphatic heterocycles. The number of carboxylic acid groups (broad SMARTS) is 1. The van der Waals surface area contributed by atoms with Crippen molar-refractivity contribution in [1.29, 1.82) is 0 Å². The summed E-state index contributed by atoms with van der Waals surface area (Å²) in [5, 5.41) is 8.99. The molecular formula is C25H36N2O3S. The van der Waals surface area contributed by atoms with Crippen molar-refractivity contribution in [2.45, 2.75) is 44.9 Å². The molecular weight excluding hydrogens is 408 g/mol. The van der Waals surface area contributed by atoms with Crippen LogP contribution < -0.4 is 14.5 Å². The van der Waals surface area contributed by atoms with Crippen LogP contribution in [0, 0.1) is 5.92 Å². The fraction of sp³-hybridized carbons (Fsp3) is 0.480. The molecule has 170 valence electrons. The maximum atomic E-state index is 11.0. The second-order valence-corrected chi connectivity index (χ2v) is 8.96. The second kappa shape index (κ2) is 12.5. The standard InChI is InChI=1S/C21H26N2O3S.C4H10/c1-4-15-12-23(16-8-6-5-7-9-16)18-10-17(22(2)3)19(26-13-21(24)25)11-20(18)27-14-15;1-3-4-2/h5-11,15H,4,12-14H2,1-3H3,(H,24,25);3-4H2,1-2H3/t15-;/m0./s1. The molecule has 3 rings (SSSR count). The zero-order valence-corrected chi connectivity index (χ0v) is 20.2. The fourth-order valence-corrected chi connectivity index (χ4v) is 4.45. The number of hydrogen-bond acceptors (Lipinski definition) is 5. The quantitative estimate of drug-likeness (QED) is 0.541. The van der Waals surface area contributed by atoms with Crippen molar-refractivity contribution < 1.29 is 14.6 Å². The minimum atomic E-state index is -0.973. The summed E-state index contributed by atoms with van der Waals surface area (Å²) in [5.41, 5.74) is 3.20. The number of thioether (sulfide) groups is 1. The van der Waals surface area contributed by atoms with Crippen molar-refractivity contribution in [2.24, 2.45) is 5.92 Å². The molecule has 0 bridgehead atoms. The second-order valence-electron chi connectivity index (χ2n) is 7.90. The maximum Gasteiger partial charge on any atom is 0.341 e. The van der Waals surface area contributed by atoms with Crippen LogP contribution in [-0.4, -0.2) is 44.1 Å². The molecule has 6 heteroatoms. The lowest BCUT2D eigenvalue weighted by molar-refractivity contribution is -0.139. The van der Waals surface area contributed by atoms with E-state index >= 15 is 0 Å². The lowest BCUT2D eigenvalue weighted by Gasteiger charge is -2.29. The summed E-state index contributed by atoms with van der Waals surface area (Å²) < 4.78 is 5.59. The van der Waals surface area contributed by atoms with Gasteiger partial charge < -0.3 is 19.6 Å². The van der Waals surface area contributed by atoms with Gasteiger partial charge in [-0.3, -0.25) is 0 Å². The molecule has 0 radical (unpaired) electrons. The average molecular weight is 445 g/mol. The van der Waals surface area contributed by atoms with E-state index in [2.05, 4.69) is 56.0 Å². The number of carboxylic acids is 1. The van der Waals surface area contributed by atoms with E-state index in [0.717, 1.165) is 35.0 Å². The molecule has 0 unspecified atom stereocenters. The van der Waals surface area contributed by atoms with Gasteiger partial charge in [-0.25, -0.2) is 4.79 Å². The van der Waals surface area contributed by atoms with Gasteiger partial charge in [0.2, 0.25) is 0 Å². The van der Waals surface area contributed by atoms with Gasteiger partial charge in [-0.1, -0.05) is 58.2 Å². The summed E-state index contributed by atoms with van der Waals surface area (Å²) in [6.45, 7) is 7.21. The molecule has 0 fully saturated rings. The Balaban J connectivity index is 0.000000785. The molecule has 2 aromatic carbocycles. The number of hydrogen-bond donors (Lipinski definition) is 1. The van der Waals surface area contributed by atoms with Crippen LogP contribution in [0.5, 0.6) is 5.75 Å². The minimum absolute atomic E-state index is 0.343. The Bertz CT molecular complexity index is 825.